The summed E-state index contributed by atoms with van der Waals surface area (Å²) >= 11 is 0. The number of aromatic amines is 1. The Morgan fingerprint density at radius 2 is 1.90 bits per heavy atom. The molecule has 2 aliphatic rings. The van der Waals surface area contributed by atoms with Gasteiger partial charge in [0.1, 0.15) is 11.4 Å². The average molecular weight is 389 g/mol. The van der Waals surface area contributed by atoms with E-state index in [1.54, 1.807) is 6.20 Å². The minimum atomic E-state index is -0.504. The number of amides is 1. The van der Waals surface area contributed by atoms with Gasteiger partial charge in [0.25, 0.3) is 5.91 Å². The van der Waals surface area contributed by atoms with E-state index in [1.165, 1.54) is 0 Å². The summed E-state index contributed by atoms with van der Waals surface area (Å²) in [6.07, 6.45) is 3.43. The minimum absolute atomic E-state index is 0.00496. The summed E-state index contributed by atoms with van der Waals surface area (Å²) in [6.45, 7) is 5.20. The van der Waals surface area contributed by atoms with Crippen LogP contribution in [0.1, 0.15) is 51.1 Å². The number of nitrogens with zero attached hydrogens (tertiary/aromatic N) is 2. The van der Waals surface area contributed by atoms with E-state index in [1.807, 2.05) is 49.1 Å². The number of fused-ring (bicyclic) bond motifs is 2. The second-order valence-corrected chi connectivity index (χ2v) is 8.28. The molecule has 0 atom stereocenters. The van der Waals surface area contributed by atoms with Gasteiger partial charge in [0.15, 0.2) is 5.78 Å². The molecule has 6 heteroatoms. The Kier molecular flexibility index (Phi) is 3.98. The van der Waals surface area contributed by atoms with Crippen molar-refractivity contribution in [1.82, 2.24) is 15.1 Å². The van der Waals surface area contributed by atoms with Crippen molar-refractivity contribution >= 4 is 22.6 Å². The predicted molar refractivity (Wildman–Crippen MR) is 109 cm³/mol. The Morgan fingerprint density at radius 1 is 1.14 bits per heavy atom. The second-order valence-electron chi connectivity index (χ2n) is 8.28. The number of carbonyl (C=O) groups excluding carboxylic acids is 2. The monoisotopic (exact) mass is 389 g/mol. The molecule has 2 aliphatic heterocycles. The van der Waals surface area contributed by atoms with E-state index in [-0.39, 0.29) is 11.7 Å². The number of hydrogen-bond acceptors (Lipinski definition) is 4. The molecule has 2 aromatic carbocycles. The number of aryl methyl sites for hydroxylation is 2. The van der Waals surface area contributed by atoms with Crippen molar-refractivity contribution in [1.29, 1.82) is 0 Å². The lowest BCUT2D eigenvalue weighted by Crippen LogP contribution is -2.52. The van der Waals surface area contributed by atoms with E-state index in [4.69, 9.17) is 4.74 Å². The molecule has 3 heterocycles. The van der Waals surface area contributed by atoms with Gasteiger partial charge in [0, 0.05) is 36.9 Å². The van der Waals surface area contributed by atoms with Crippen LogP contribution in [0.4, 0.5) is 0 Å². The summed E-state index contributed by atoms with van der Waals surface area (Å²) in [7, 11) is 0. The van der Waals surface area contributed by atoms with Crippen LogP contribution in [0.15, 0.2) is 36.5 Å². The molecular weight excluding hydrogens is 366 g/mol. The molecule has 0 unspecified atom stereocenters. The highest BCUT2D eigenvalue weighted by atomic mass is 16.5. The van der Waals surface area contributed by atoms with Gasteiger partial charge in [-0.2, -0.15) is 5.10 Å². The van der Waals surface area contributed by atoms with Gasteiger partial charge in [-0.05, 0) is 49.2 Å². The summed E-state index contributed by atoms with van der Waals surface area (Å²) in [5.74, 6) is 0.831. The Labute approximate surface area is 168 Å². The maximum atomic E-state index is 13.0. The number of ketones is 1. The highest BCUT2D eigenvalue weighted by Crippen LogP contribution is 2.40. The van der Waals surface area contributed by atoms with E-state index >= 15 is 0 Å². The van der Waals surface area contributed by atoms with Crippen molar-refractivity contribution in [2.75, 3.05) is 13.1 Å². The molecule has 1 amide bonds. The van der Waals surface area contributed by atoms with Gasteiger partial charge in [-0.15, -0.1) is 0 Å². The first-order chi connectivity index (χ1) is 13.9. The number of rotatable bonds is 1. The summed E-state index contributed by atoms with van der Waals surface area (Å²) in [6, 6.07) is 9.50. The highest BCUT2D eigenvalue weighted by Gasteiger charge is 2.43. The van der Waals surface area contributed by atoms with Gasteiger partial charge in [0.2, 0.25) is 0 Å². The highest BCUT2D eigenvalue weighted by molar-refractivity contribution is 6.01. The average Bonchev–Trinajstić information content (AvgIpc) is 3.17. The van der Waals surface area contributed by atoms with Crippen LogP contribution >= 0.6 is 0 Å². The van der Waals surface area contributed by atoms with Crippen LogP contribution in [0.5, 0.6) is 5.75 Å². The van der Waals surface area contributed by atoms with Gasteiger partial charge in [-0.1, -0.05) is 6.07 Å². The third-order valence-electron chi connectivity index (χ3n) is 6.36. The first-order valence-electron chi connectivity index (χ1n) is 10.00. The van der Waals surface area contributed by atoms with E-state index < -0.39 is 5.60 Å². The number of Topliss-reactive ketones (excluding diaryl/α,β-unsaturated/α-hetero) is 1. The fraction of sp³-hybridized carbons (Fsp3) is 0.348. The molecule has 1 N–H and O–H groups in total. The fourth-order valence-corrected chi connectivity index (χ4v) is 4.40. The molecule has 0 radical (unpaired) electrons. The molecule has 1 aromatic heterocycles. The number of H-pyrrole nitrogens is 1. The van der Waals surface area contributed by atoms with Gasteiger partial charge in [-0.3, -0.25) is 14.7 Å². The van der Waals surface area contributed by atoms with Gasteiger partial charge in [-0.25, -0.2) is 0 Å². The third kappa shape index (κ3) is 2.99. The maximum absolute atomic E-state index is 13.0. The smallest absolute Gasteiger partial charge is 0.253 e. The molecule has 0 aliphatic carbocycles. The molecule has 148 valence electrons. The number of benzene rings is 2. The first-order valence-corrected chi connectivity index (χ1v) is 10.00. The number of likely N-dealkylation sites (tertiary alicyclic amines) is 1. The second kappa shape index (κ2) is 6.44. The largest absolute Gasteiger partial charge is 0.486 e. The lowest BCUT2D eigenvalue weighted by atomic mass is 9.81. The van der Waals surface area contributed by atoms with Crippen molar-refractivity contribution in [2.45, 2.75) is 38.7 Å². The van der Waals surface area contributed by atoms with E-state index in [9.17, 15) is 9.59 Å². The molecule has 1 spiro atoms. The molecule has 29 heavy (non-hydrogen) atoms. The molecule has 0 saturated carbocycles. The number of ether oxygens (including phenoxy) is 1. The van der Waals surface area contributed by atoms with Crippen LogP contribution in [0.2, 0.25) is 0 Å². The number of carbonyl (C=O) groups is 2. The van der Waals surface area contributed by atoms with Crippen LogP contribution in [0.25, 0.3) is 10.9 Å². The SMILES string of the molecule is Cc1cc2c(cc1C)C(=O)CC1(CCN(C(=O)c3ccc4cn[nH]c4c3)CC1)O2. The van der Waals surface area contributed by atoms with Crippen LogP contribution in [0.3, 0.4) is 0 Å². The van der Waals surface area contributed by atoms with Crippen LogP contribution in [-0.2, 0) is 0 Å². The number of aromatic nitrogens is 2. The quantitative estimate of drug-likeness (QED) is 0.687. The normalized spacial score (nSPS) is 18.0. The van der Waals surface area contributed by atoms with Crippen LogP contribution < -0.4 is 4.74 Å². The topological polar surface area (TPSA) is 75.3 Å². The minimum Gasteiger partial charge on any atom is -0.486 e. The lowest BCUT2D eigenvalue weighted by molar-refractivity contribution is -0.00575. The summed E-state index contributed by atoms with van der Waals surface area (Å²) in [4.78, 5) is 27.6. The zero-order valence-corrected chi connectivity index (χ0v) is 16.6. The number of piperidine rings is 1. The maximum Gasteiger partial charge on any atom is 0.253 e. The molecular formula is C23H23N3O3. The first kappa shape index (κ1) is 17.9. The number of hydrogen-bond donors (Lipinski definition) is 1. The zero-order chi connectivity index (χ0) is 20.2. The predicted octanol–water partition coefficient (Wildman–Crippen LogP) is 3.82. The standard InChI is InChI=1S/C23H23N3O3/c1-14-9-18-20(27)12-23(29-21(18)10-15(14)2)5-7-26(8-6-23)22(28)16-3-4-17-13-24-25-19(17)11-16/h3-4,9-11,13H,5-8,12H2,1-2H3,(H,24,25). The Balaban J connectivity index is 1.33. The fourth-order valence-electron chi connectivity index (χ4n) is 4.40. The molecule has 0 bridgehead atoms. The molecule has 1 saturated heterocycles. The Hall–Kier alpha value is -3.15. The van der Waals surface area contributed by atoms with Crippen molar-refractivity contribution in [3.05, 3.63) is 58.8 Å². The molecule has 6 nitrogen and oxygen atoms in total. The Morgan fingerprint density at radius 3 is 2.69 bits per heavy atom. The molecule has 5 rings (SSSR count). The van der Waals surface area contributed by atoms with Crippen LogP contribution in [0, 0.1) is 13.8 Å². The third-order valence-corrected chi connectivity index (χ3v) is 6.36. The van der Waals surface area contributed by atoms with E-state index in [2.05, 4.69) is 10.2 Å². The Bertz CT molecular complexity index is 1140. The molecule has 1 fully saturated rings. The van der Waals surface area contributed by atoms with Crippen LogP contribution in [-0.4, -0.2) is 45.5 Å². The van der Waals surface area contributed by atoms with Crippen molar-refractivity contribution in [3.8, 4) is 5.75 Å². The van der Waals surface area contributed by atoms with E-state index in [0.29, 0.717) is 49.2 Å². The summed E-state index contributed by atoms with van der Waals surface area (Å²) in [5.41, 5.74) is 3.91. The van der Waals surface area contributed by atoms with Gasteiger partial charge < -0.3 is 9.64 Å². The van der Waals surface area contributed by atoms with Crippen molar-refractivity contribution < 1.29 is 14.3 Å². The zero-order valence-electron chi connectivity index (χ0n) is 16.6. The summed E-state index contributed by atoms with van der Waals surface area (Å²) < 4.78 is 6.38. The van der Waals surface area contributed by atoms with Crippen molar-refractivity contribution in [2.24, 2.45) is 0 Å². The lowest BCUT2D eigenvalue weighted by Gasteiger charge is -2.44. The van der Waals surface area contributed by atoms with Gasteiger partial charge in [0.05, 0.1) is 23.7 Å². The van der Waals surface area contributed by atoms with E-state index in [0.717, 1.165) is 22.0 Å². The van der Waals surface area contributed by atoms with Crippen molar-refractivity contribution in [3.63, 3.8) is 0 Å². The molecule has 3 aromatic rings. The van der Waals surface area contributed by atoms with Gasteiger partial charge >= 0.3 is 0 Å². The number of nitrogens with one attached hydrogen (secondary N) is 1. The summed E-state index contributed by atoms with van der Waals surface area (Å²) in [5, 5.41) is 7.90.